The second-order valence-electron chi connectivity index (χ2n) is 9.11. The molecule has 0 aromatic heterocycles. The molecule has 0 saturated carbocycles. The monoisotopic (exact) mass is 481 g/mol. The van der Waals surface area contributed by atoms with E-state index in [1.807, 2.05) is 35.2 Å². The van der Waals surface area contributed by atoms with Crippen molar-refractivity contribution < 1.29 is 19.6 Å². The summed E-state index contributed by atoms with van der Waals surface area (Å²) in [6, 6.07) is 16.1. The highest BCUT2D eigenvalue weighted by molar-refractivity contribution is 5.97. The van der Waals surface area contributed by atoms with Crippen LogP contribution in [0.25, 0.3) is 0 Å². The van der Waals surface area contributed by atoms with Crippen molar-refractivity contribution in [3.05, 3.63) is 70.3 Å². The Bertz CT molecular complexity index is 1060. The zero-order chi connectivity index (χ0) is 24.9. The molecule has 2 aromatic carbocycles. The molecule has 2 aliphatic rings. The molecule has 2 atom stereocenters. The van der Waals surface area contributed by atoms with Crippen molar-refractivity contribution >= 4 is 23.5 Å². The lowest BCUT2D eigenvalue weighted by atomic mass is 9.98. The van der Waals surface area contributed by atoms with Gasteiger partial charge in [-0.25, -0.2) is 9.59 Å². The van der Waals surface area contributed by atoms with E-state index >= 15 is 0 Å². The van der Waals surface area contributed by atoms with E-state index in [-0.39, 0.29) is 29.8 Å². The first-order valence-electron chi connectivity index (χ1n) is 12.0. The molecule has 2 N–H and O–H groups in total. The number of hydrogen-bond acceptors (Lipinski definition) is 5. The minimum absolute atomic E-state index is 0.0149. The smallest absolute Gasteiger partial charge is 0.404 e. The topological polar surface area (TPSA) is 119 Å². The summed E-state index contributed by atoms with van der Waals surface area (Å²) in [4.78, 5) is 41.4. The molecule has 0 bridgehead atoms. The van der Waals surface area contributed by atoms with Crippen LogP contribution in [-0.4, -0.2) is 70.2 Å². The third kappa shape index (κ3) is 5.37. The fraction of sp³-hybridized carbons (Fsp3) is 0.440. The lowest BCUT2D eigenvalue weighted by Crippen LogP contribution is -2.49. The Balaban J connectivity index is 1.52. The SMILES string of the molecule is CC(CCNC(=O)O)N1CCC(N2C(=O)N(c3ccccc3[N+](=O)[O-])C[C@H]2c2ccccc2)CC1. The number of para-hydroxylation sites is 2. The van der Waals surface area contributed by atoms with Crippen LogP contribution >= 0.6 is 0 Å². The van der Waals surface area contributed by atoms with Crippen LogP contribution in [0, 0.1) is 10.1 Å². The average Bonchev–Trinajstić information content (AvgIpc) is 3.21. The van der Waals surface area contributed by atoms with Gasteiger partial charge in [-0.15, -0.1) is 0 Å². The number of anilines is 1. The number of carbonyl (C=O) groups excluding carboxylic acids is 1. The number of rotatable bonds is 8. The van der Waals surface area contributed by atoms with E-state index in [9.17, 15) is 19.7 Å². The quantitative estimate of drug-likeness (QED) is 0.433. The molecule has 10 heteroatoms. The zero-order valence-electron chi connectivity index (χ0n) is 19.7. The Morgan fingerprint density at radius 2 is 1.80 bits per heavy atom. The maximum absolute atomic E-state index is 13.7. The Morgan fingerprint density at radius 1 is 1.14 bits per heavy atom. The lowest BCUT2D eigenvalue weighted by Gasteiger charge is -2.41. The van der Waals surface area contributed by atoms with E-state index in [2.05, 4.69) is 17.1 Å². The second kappa shape index (κ2) is 10.7. The fourth-order valence-corrected chi connectivity index (χ4v) is 5.19. The van der Waals surface area contributed by atoms with Crippen LogP contribution in [0.2, 0.25) is 0 Å². The van der Waals surface area contributed by atoms with Gasteiger partial charge < -0.3 is 20.2 Å². The molecule has 2 fully saturated rings. The first kappa shape index (κ1) is 24.5. The molecule has 0 aliphatic carbocycles. The zero-order valence-corrected chi connectivity index (χ0v) is 19.7. The first-order chi connectivity index (χ1) is 16.9. The van der Waals surface area contributed by atoms with Gasteiger partial charge in [0, 0.05) is 37.8 Å². The molecular formula is C25H31N5O5. The van der Waals surface area contributed by atoms with Crippen molar-refractivity contribution in [3.8, 4) is 0 Å². The van der Waals surface area contributed by atoms with Gasteiger partial charge in [-0.1, -0.05) is 42.5 Å². The van der Waals surface area contributed by atoms with Gasteiger partial charge >= 0.3 is 12.1 Å². The molecular weight excluding hydrogens is 450 g/mol. The number of carbonyl (C=O) groups is 2. The average molecular weight is 482 g/mol. The Kier molecular flexibility index (Phi) is 7.50. The molecule has 4 rings (SSSR count). The van der Waals surface area contributed by atoms with Crippen molar-refractivity contribution in [3.63, 3.8) is 0 Å². The maximum Gasteiger partial charge on any atom is 0.404 e. The van der Waals surface area contributed by atoms with Crippen LogP contribution in [0.15, 0.2) is 54.6 Å². The number of amides is 3. The maximum atomic E-state index is 13.7. The minimum atomic E-state index is -1.02. The van der Waals surface area contributed by atoms with Crippen molar-refractivity contribution in [2.24, 2.45) is 0 Å². The highest BCUT2D eigenvalue weighted by atomic mass is 16.6. The van der Waals surface area contributed by atoms with Gasteiger partial charge in [0.05, 0.1) is 17.5 Å². The second-order valence-corrected chi connectivity index (χ2v) is 9.11. The highest BCUT2D eigenvalue weighted by Gasteiger charge is 2.45. The number of likely N-dealkylation sites (tertiary alicyclic amines) is 1. The predicted octanol–water partition coefficient (Wildman–Crippen LogP) is 4.09. The summed E-state index contributed by atoms with van der Waals surface area (Å²) in [6.07, 6.45) is 1.28. The molecule has 10 nitrogen and oxygen atoms in total. The first-order valence-corrected chi connectivity index (χ1v) is 12.0. The molecule has 0 radical (unpaired) electrons. The number of nitro groups is 1. The van der Waals surface area contributed by atoms with Gasteiger partial charge in [0.15, 0.2) is 0 Å². The number of nitrogens with zero attached hydrogens (tertiary/aromatic N) is 4. The van der Waals surface area contributed by atoms with Crippen molar-refractivity contribution in [1.29, 1.82) is 0 Å². The molecule has 186 valence electrons. The predicted molar refractivity (Wildman–Crippen MR) is 132 cm³/mol. The van der Waals surface area contributed by atoms with E-state index in [1.165, 1.54) is 6.07 Å². The van der Waals surface area contributed by atoms with Crippen LogP contribution in [0.1, 0.15) is 37.8 Å². The third-order valence-electron chi connectivity index (χ3n) is 7.05. The van der Waals surface area contributed by atoms with E-state index < -0.39 is 11.0 Å². The van der Waals surface area contributed by atoms with Crippen LogP contribution in [-0.2, 0) is 0 Å². The lowest BCUT2D eigenvalue weighted by molar-refractivity contribution is -0.384. The number of carboxylic acid groups (broad SMARTS) is 1. The number of benzene rings is 2. The van der Waals surface area contributed by atoms with Gasteiger partial charge in [-0.2, -0.15) is 0 Å². The third-order valence-corrected chi connectivity index (χ3v) is 7.05. The summed E-state index contributed by atoms with van der Waals surface area (Å²) in [5, 5.41) is 22.8. The molecule has 2 saturated heterocycles. The number of piperidine rings is 1. The van der Waals surface area contributed by atoms with Crippen LogP contribution in [0.5, 0.6) is 0 Å². The van der Waals surface area contributed by atoms with E-state index in [0.717, 1.165) is 37.9 Å². The van der Waals surface area contributed by atoms with Crippen molar-refractivity contribution in [2.75, 3.05) is 31.1 Å². The molecule has 2 aromatic rings. The Labute approximate surface area is 204 Å². The molecule has 3 amide bonds. The number of hydrogen-bond donors (Lipinski definition) is 2. The number of nitro benzene ring substituents is 1. The molecule has 2 aliphatic heterocycles. The van der Waals surface area contributed by atoms with Crippen molar-refractivity contribution in [1.82, 2.24) is 15.1 Å². The van der Waals surface area contributed by atoms with Gasteiger partial charge in [-0.05, 0) is 37.8 Å². The van der Waals surface area contributed by atoms with E-state index in [1.54, 1.807) is 23.1 Å². The van der Waals surface area contributed by atoms with E-state index in [4.69, 9.17) is 5.11 Å². The summed E-state index contributed by atoms with van der Waals surface area (Å²) in [5.41, 5.74) is 1.26. The largest absolute Gasteiger partial charge is 0.465 e. The minimum Gasteiger partial charge on any atom is -0.465 e. The molecule has 2 heterocycles. The summed E-state index contributed by atoms with van der Waals surface area (Å²) in [5.74, 6) is 0. The van der Waals surface area contributed by atoms with E-state index in [0.29, 0.717) is 18.8 Å². The number of nitrogens with one attached hydrogen (secondary N) is 1. The van der Waals surface area contributed by atoms with Gasteiger partial charge in [0.1, 0.15) is 5.69 Å². The summed E-state index contributed by atoms with van der Waals surface area (Å²) in [7, 11) is 0. The van der Waals surface area contributed by atoms with Gasteiger partial charge in [0.2, 0.25) is 0 Å². The standard InChI is InChI=1S/C25H31N5O5/c1-18(11-14-26-24(31)32)27-15-12-20(13-16-27)29-23(19-7-3-2-4-8-19)17-28(25(29)33)21-9-5-6-10-22(21)30(34)35/h2-10,18,20,23,26H,11-17H2,1H3,(H,31,32)/t18?,23-/m0/s1. The normalized spacial score (nSPS) is 20.1. The summed E-state index contributed by atoms with van der Waals surface area (Å²) >= 11 is 0. The number of urea groups is 1. The summed E-state index contributed by atoms with van der Waals surface area (Å²) < 4.78 is 0. The van der Waals surface area contributed by atoms with Crippen LogP contribution < -0.4 is 10.2 Å². The fourth-order valence-electron chi connectivity index (χ4n) is 5.19. The Hall–Kier alpha value is -3.66. The van der Waals surface area contributed by atoms with Crippen LogP contribution in [0.4, 0.5) is 21.0 Å². The molecule has 35 heavy (non-hydrogen) atoms. The van der Waals surface area contributed by atoms with Gasteiger partial charge in [0.25, 0.3) is 5.69 Å². The molecule has 0 spiro atoms. The van der Waals surface area contributed by atoms with Crippen molar-refractivity contribution in [2.45, 2.75) is 44.3 Å². The van der Waals surface area contributed by atoms with Gasteiger partial charge in [-0.3, -0.25) is 15.0 Å². The highest BCUT2D eigenvalue weighted by Crippen LogP contribution is 2.39. The summed E-state index contributed by atoms with van der Waals surface area (Å²) in [6.45, 7) is 4.45. The van der Waals surface area contributed by atoms with Crippen LogP contribution in [0.3, 0.4) is 0 Å². The Morgan fingerprint density at radius 3 is 2.46 bits per heavy atom. The molecule has 1 unspecified atom stereocenters.